The molecule has 1 aromatic carbocycles. The van der Waals surface area contributed by atoms with E-state index in [1.807, 2.05) is 12.1 Å². The molecule has 0 heterocycles. The van der Waals surface area contributed by atoms with E-state index in [2.05, 4.69) is 0 Å². The highest BCUT2D eigenvalue weighted by Gasteiger charge is 1.85. The van der Waals surface area contributed by atoms with Gasteiger partial charge in [-0.3, -0.25) is 0 Å². The third-order valence-corrected chi connectivity index (χ3v) is 1.52. The van der Waals surface area contributed by atoms with Gasteiger partial charge in [0, 0.05) is 5.02 Å². The minimum Gasteiger partial charge on any atom is -0.247 e. The lowest BCUT2D eigenvalue weighted by molar-refractivity contribution is 0.563. The maximum absolute atomic E-state index is 11.6. The number of benzene rings is 1. The van der Waals surface area contributed by atoms with Gasteiger partial charge in [-0.2, -0.15) is 0 Å². The molecule has 0 saturated heterocycles. The summed E-state index contributed by atoms with van der Waals surface area (Å²) in [7, 11) is 0. The first-order chi connectivity index (χ1) is 5.33. The van der Waals surface area contributed by atoms with Crippen LogP contribution in [0.2, 0.25) is 5.02 Å². The molecule has 0 amide bonds. The normalized spacial score (nSPS) is 10.7. The van der Waals surface area contributed by atoms with Crippen LogP contribution in [-0.2, 0) is 0 Å². The van der Waals surface area contributed by atoms with Crippen LogP contribution in [0.25, 0.3) is 6.08 Å². The topological polar surface area (TPSA) is 0 Å². The summed E-state index contributed by atoms with van der Waals surface area (Å²) in [6.45, 7) is -0.428. The van der Waals surface area contributed by atoms with Gasteiger partial charge < -0.3 is 0 Å². The van der Waals surface area contributed by atoms with Crippen LogP contribution in [0.4, 0.5) is 4.39 Å². The Kier molecular flexibility index (Phi) is 3.12. The number of halogens is 2. The molecule has 2 heteroatoms. The summed E-state index contributed by atoms with van der Waals surface area (Å²) in [5.41, 5.74) is 0.965. The fourth-order valence-corrected chi connectivity index (χ4v) is 0.881. The zero-order chi connectivity index (χ0) is 8.10. The second kappa shape index (κ2) is 4.14. The first-order valence-electron chi connectivity index (χ1n) is 3.31. The van der Waals surface area contributed by atoms with Gasteiger partial charge in [-0.05, 0) is 17.7 Å². The van der Waals surface area contributed by atoms with Gasteiger partial charge in [0.25, 0.3) is 0 Å². The fraction of sp³-hybridized carbons (Fsp3) is 0.111. The van der Waals surface area contributed by atoms with Gasteiger partial charge in [0.2, 0.25) is 0 Å². The Morgan fingerprint density at radius 1 is 1.27 bits per heavy atom. The minimum absolute atomic E-state index is 0.428. The molecule has 58 valence electrons. The van der Waals surface area contributed by atoms with Crippen LogP contribution in [0.1, 0.15) is 5.56 Å². The molecular weight excluding hydrogens is 163 g/mol. The lowest BCUT2D eigenvalue weighted by Gasteiger charge is -1.91. The first-order valence-corrected chi connectivity index (χ1v) is 3.69. The largest absolute Gasteiger partial charge is 0.247 e. The highest BCUT2D eigenvalue weighted by Crippen LogP contribution is 2.10. The van der Waals surface area contributed by atoms with Gasteiger partial charge in [-0.15, -0.1) is 0 Å². The van der Waals surface area contributed by atoms with E-state index in [9.17, 15) is 4.39 Å². The van der Waals surface area contributed by atoms with Gasteiger partial charge in [0.15, 0.2) is 0 Å². The van der Waals surface area contributed by atoms with Crippen LogP contribution in [0.15, 0.2) is 30.3 Å². The minimum atomic E-state index is -0.428. The fourth-order valence-electron chi connectivity index (χ4n) is 0.755. The number of hydrogen-bond acceptors (Lipinski definition) is 0. The zero-order valence-electron chi connectivity index (χ0n) is 5.93. The van der Waals surface area contributed by atoms with E-state index in [0.29, 0.717) is 5.02 Å². The third-order valence-electron chi connectivity index (χ3n) is 1.27. The van der Waals surface area contributed by atoms with Crippen LogP contribution in [0, 0.1) is 0 Å². The number of hydrogen-bond donors (Lipinski definition) is 0. The highest BCUT2D eigenvalue weighted by atomic mass is 35.5. The van der Waals surface area contributed by atoms with E-state index in [0.717, 1.165) is 5.56 Å². The van der Waals surface area contributed by atoms with E-state index in [1.54, 1.807) is 18.2 Å². The molecule has 0 radical (unpaired) electrons. The second-order valence-electron chi connectivity index (χ2n) is 2.11. The first kappa shape index (κ1) is 8.28. The maximum atomic E-state index is 11.6. The highest BCUT2D eigenvalue weighted by molar-refractivity contribution is 6.30. The van der Waals surface area contributed by atoms with Crippen molar-refractivity contribution in [1.29, 1.82) is 0 Å². The molecule has 0 aliphatic rings. The molecule has 0 saturated carbocycles. The molecule has 0 aliphatic carbocycles. The number of rotatable bonds is 2. The van der Waals surface area contributed by atoms with Crippen molar-refractivity contribution < 1.29 is 4.39 Å². The molecule has 0 fully saturated rings. The summed E-state index contributed by atoms with van der Waals surface area (Å²) in [5.74, 6) is 0. The van der Waals surface area contributed by atoms with E-state index in [-0.39, 0.29) is 0 Å². The van der Waals surface area contributed by atoms with E-state index in [4.69, 9.17) is 11.6 Å². The van der Waals surface area contributed by atoms with Gasteiger partial charge >= 0.3 is 0 Å². The molecule has 1 rings (SSSR count). The monoisotopic (exact) mass is 170 g/mol. The number of allylic oxidation sites excluding steroid dienone is 1. The van der Waals surface area contributed by atoms with E-state index >= 15 is 0 Å². The maximum Gasteiger partial charge on any atom is 0.108 e. The summed E-state index contributed by atoms with van der Waals surface area (Å²) in [6.07, 6.45) is 3.18. The lowest BCUT2D eigenvalue weighted by Crippen LogP contribution is -1.70. The zero-order valence-corrected chi connectivity index (χ0v) is 6.68. The molecule has 11 heavy (non-hydrogen) atoms. The molecule has 0 nitrogen and oxygen atoms in total. The van der Waals surface area contributed by atoms with Crippen molar-refractivity contribution in [3.8, 4) is 0 Å². The van der Waals surface area contributed by atoms with Crippen LogP contribution in [0.5, 0.6) is 0 Å². The van der Waals surface area contributed by atoms with Crippen molar-refractivity contribution in [2.75, 3.05) is 6.67 Å². The van der Waals surface area contributed by atoms with Crippen LogP contribution < -0.4 is 0 Å². The summed E-state index contributed by atoms with van der Waals surface area (Å²) in [4.78, 5) is 0. The SMILES string of the molecule is FC/C=C/c1ccc(Cl)cc1. The van der Waals surface area contributed by atoms with Crippen molar-refractivity contribution in [2.45, 2.75) is 0 Å². The molecule has 0 spiro atoms. The quantitative estimate of drug-likeness (QED) is 0.639. The molecule has 0 aromatic heterocycles. The Labute approximate surface area is 70.3 Å². The van der Waals surface area contributed by atoms with Crippen molar-refractivity contribution in [3.05, 3.63) is 40.9 Å². The predicted octanol–water partition coefficient (Wildman–Crippen LogP) is 3.32. The van der Waals surface area contributed by atoms with Gasteiger partial charge in [0.05, 0.1) is 0 Å². The van der Waals surface area contributed by atoms with Gasteiger partial charge in [-0.25, -0.2) is 4.39 Å². The van der Waals surface area contributed by atoms with Crippen molar-refractivity contribution in [2.24, 2.45) is 0 Å². The average Bonchev–Trinajstić information content (AvgIpc) is 2.04. The van der Waals surface area contributed by atoms with Crippen molar-refractivity contribution in [1.82, 2.24) is 0 Å². The Morgan fingerprint density at radius 2 is 1.91 bits per heavy atom. The summed E-state index contributed by atoms with van der Waals surface area (Å²) >= 11 is 5.65. The average molecular weight is 171 g/mol. The summed E-state index contributed by atoms with van der Waals surface area (Å²) < 4.78 is 11.6. The smallest absolute Gasteiger partial charge is 0.108 e. The molecule has 1 aromatic rings. The molecular formula is C9H8ClF. The van der Waals surface area contributed by atoms with Crippen LogP contribution in [-0.4, -0.2) is 6.67 Å². The predicted molar refractivity (Wildman–Crippen MR) is 46.5 cm³/mol. The molecule has 0 bridgehead atoms. The Hall–Kier alpha value is -0.820. The van der Waals surface area contributed by atoms with E-state index < -0.39 is 6.67 Å². The number of alkyl halides is 1. The van der Waals surface area contributed by atoms with Crippen molar-refractivity contribution >= 4 is 17.7 Å². The van der Waals surface area contributed by atoms with Crippen LogP contribution >= 0.6 is 11.6 Å². The second-order valence-corrected chi connectivity index (χ2v) is 2.54. The van der Waals surface area contributed by atoms with Gasteiger partial charge in [-0.1, -0.05) is 35.9 Å². The summed E-state index contributed by atoms with van der Waals surface area (Å²) in [6, 6.07) is 7.24. The molecule has 0 aliphatic heterocycles. The summed E-state index contributed by atoms with van der Waals surface area (Å²) in [5, 5.41) is 0.697. The van der Waals surface area contributed by atoms with E-state index in [1.165, 1.54) is 6.08 Å². The third kappa shape index (κ3) is 2.72. The molecule has 0 N–H and O–H groups in total. The Balaban J connectivity index is 2.73. The van der Waals surface area contributed by atoms with Crippen LogP contribution in [0.3, 0.4) is 0 Å². The standard InChI is InChI=1S/C9H8ClF/c10-9-5-3-8(4-6-9)2-1-7-11/h1-6H,7H2/b2-1+. The Bertz CT molecular complexity index is 238. The lowest BCUT2D eigenvalue weighted by atomic mass is 10.2. The molecule has 0 atom stereocenters. The van der Waals surface area contributed by atoms with Gasteiger partial charge in [0.1, 0.15) is 6.67 Å². The van der Waals surface area contributed by atoms with Crippen molar-refractivity contribution in [3.63, 3.8) is 0 Å². The molecule has 0 unspecified atom stereocenters. The Morgan fingerprint density at radius 3 is 2.45 bits per heavy atom.